The quantitative estimate of drug-likeness (QED) is 0.652. The average molecular weight is 217 g/mol. The molecule has 0 bridgehead atoms. The predicted molar refractivity (Wildman–Crippen MR) is 64.0 cm³/mol. The molecule has 0 radical (unpaired) electrons. The maximum atomic E-state index is 12.9. The zero-order valence-electron chi connectivity index (χ0n) is 9.27. The molecule has 2 unspecified atom stereocenters. The fraction of sp³-hybridized carbons (Fsp3) is 0.429. The Labute approximate surface area is 95.6 Å². The molecule has 0 aromatic heterocycles. The van der Waals surface area contributed by atoms with Gasteiger partial charge in [0.05, 0.1) is 0 Å². The Balaban J connectivity index is 1.85. The molecule has 1 aromatic rings. The number of nitrogens with zero attached hydrogens (tertiary/aromatic N) is 1. The van der Waals surface area contributed by atoms with Crippen molar-refractivity contribution in [2.75, 3.05) is 11.4 Å². The van der Waals surface area contributed by atoms with E-state index in [9.17, 15) is 4.39 Å². The second kappa shape index (κ2) is 3.93. The normalized spacial score (nSPS) is 28.2. The Kier molecular flexibility index (Phi) is 2.43. The van der Waals surface area contributed by atoms with Gasteiger partial charge in [0.2, 0.25) is 0 Å². The summed E-state index contributed by atoms with van der Waals surface area (Å²) in [6, 6.07) is 7.55. The molecule has 3 rings (SSSR count). The van der Waals surface area contributed by atoms with Gasteiger partial charge in [0.1, 0.15) is 5.82 Å². The maximum absolute atomic E-state index is 12.9. The van der Waals surface area contributed by atoms with E-state index in [0.717, 1.165) is 18.9 Å². The van der Waals surface area contributed by atoms with Crippen LogP contribution >= 0.6 is 0 Å². The van der Waals surface area contributed by atoms with E-state index in [1.807, 2.05) is 12.1 Å². The van der Waals surface area contributed by atoms with Crippen molar-refractivity contribution in [1.82, 2.24) is 0 Å². The molecular formula is C14H16FN. The SMILES string of the molecule is Fc1ccc(N2CCC3CC=CCC32)cc1. The predicted octanol–water partition coefficient (Wildman–Crippen LogP) is 3.37. The van der Waals surface area contributed by atoms with Crippen molar-refractivity contribution in [3.63, 3.8) is 0 Å². The molecule has 16 heavy (non-hydrogen) atoms. The van der Waals surface area contributed by atoms with Gasteiger partial charge in [-0.05, 0) is 49.4 Å². The smallest absolute Gasteiger partial charge is 0.123 e. The van der Waals surface area contributed by atoms with E-state index < -0.39 is 0 Å². The molecule has 1 aliphatic carbocycles. The first kappa shape index (κ1) is 9.88. The number of anilines is 1. The van der Waals surface area contributed by atoms with E-state index in [2.05, 4.69) is 17.1 Å². The van der Waals surface area contributed by atoms with E-state index in [-0.39, 0.29) is 5.82 Å². The second-order valence-electron chi connectivity index (χ2n) is 4.73. The Hall–Kier alpha value is -1.31. The molecule has 0 N–H and O–H groups in total. The van der Waals surface area contributed by atoms with Gasteiger partial charge in [0, 0.05) is 18.3 Å². The first-order chi connectivity index (χ1) is 7.84. The number of hydrogen-bond acceptors (Lipinski definition) is 1. The molecule has 1 saturated heterocycles. The fourth-order valence-corrected chi connectivity index (χ4v) is 2.97. The summed E-state index contributed by atoms with van der Waals surface area (Å²) in [6.45, 7) is 1.11. The first-order valence-electron chi connectivity index (χ1n) is 6.02. The zero-order chi connectivity index (χ0) is 11.0. The van der Waals surface area contributed by atoms with Gasteiger partial charge in [-0.3, -0.25) is 0 Å². The van der Waals surface area contributed by atoms with Crippen LogP contribution in [0.1, 0.15) is 19.3 Å². The summed E-state index contributed by atoms with van der Waals surface area (Å²) in [6.07, 6.45) is 8.20. The number of hydrogen-bond donors (Lipinski definition) is 0. The third kappa shape index (κ3) is 1.62. The van der Waals surface area contributed by atoms with Crippen LogP contribution < -0.4 is 4.90 Å². The lowest BCUT2D eigenvalue weighted by Gasteiger charge is -2.30. The van der Waals surface area contributed by atoms with E-state index >= 15 is 0 Å². The van der Waals surface area contributed by atoms with Crippen LogP contribution in [0.5, 0.6) is 0 Å². The molecule has 0 saturated carbocycles. The third-order valence-corrected chi connectivity index (χ3v) is 3.83. The van der Waals surface area contributed by atoms with Gasteiger partial charge < -0.3 is 4.90 Å². The lowest BCUT2D eigenvalue weighted by Crippen LogP contribution is -2.33. The minimum Gasteiger partial charge on any atom is -0.368 e. The summed E-state index contributed by atoms with van der Waals surface area (Å²) in [5.41, 5.74) is 1.17. The van der Waals surface area contributed by atoms with Crippen molar-refractivity contribution in [1.29, 1.82) is 0 Å². The molecule has 1 aromatic carbocycles. The number of allylic oxidation sites excluding steroid dienone is 1. The molecular weight excluding hydrogens is 201 g/mol. The van der Waals surface area contributed by atoms with Crippen LogP contribution in [0, 0.1) is 11.7 Å². The second-order valence-corrected chi connectivity index (χ2v) is 4.73. The Bertz CT molecular complexity index is 396. The van der Waals surface area contributed by atoms with Gasteiger partial charge in [-0.25, -0.2) is 4.39 Å². The Morgan fingerprint density at radius 1 is 1.06 bits per heavy atom. The molecule has 2 atom stereocenters. The minimum absolute atomic E-state index is 0.150. The van der Waals surface area contributed by atoms with Crippen LogP contribution in [0.4, 0.5) is 10.1 Å². The molecule has 1 nitrogen and oxygen atoms in total. The van der Waals surface area contributed by atoms with Crippen LogP contribution in [0.25, 0.3) is 0 Å². The van der Waals surface area contributed by atoms with Crippen molar-refractivity contribution >= 4 is 5.69 Å². The highest BCUT2D eigenvalue weighted by atomic mass is 19.1. The van der Waals surface area contributed by atoms with Crippen molar-refractivity contribution < 1.29 is 4.39 Å². The van der Waals surface area contributed by atoms with Gasteiger partial charge in [0.15, 0.2) is 0 Å². The van der Waals surface area contributed by atoms with Crippen molar-refractivity contribution in [3.8, 4) is 0 Å². The molecule has 1 fully saturated rings. The highest BCUT2D eigenvalue weighted by Gasteiger charge is 2.33. The van der Waals surface area contributed by atoms with E-state index in [4.69, 9.17) is 0 Å². The first-order valence-corrected chi connectivity index (χ1v) is 6.02. The number of benzene rings is 1. The zero-order valence-corrected chi connectivity index (χ0v) is 9.27. The van der Waals surface area contributed by atoms with Gasteiger partial charge in [-0.1, -0.05) is 12.2 Å². The Morgan fingerprint density at radius 2 is 1.81 bits per heavy atom. The number of fused-ring (bicyclic) bond motifs is 1. The van der Waals surface area contributed by atoms with Gasteiger partial charge >= 0.3 is 0 Å². The summed E-state index contributed by atoms with van der Waals surface area (Å²) >= 11 is 0. The molecule has 2 heteroatoms. The molecule has 1 aliphatic heterocycles. The van der Waals surface area contributed by atoms with Gasteiger partial charge in [-0.15, -0.1) is 0 Å². The lowest BCUT2D eigenvalue weighted by atomic mass is 9.90. The maximum Gasteiger partial charge on any atom is 0.123 e. The topological polar surface area (TPSA) is 3.24 Å². The van der Waals surface area contributed by atoms with E-state index in [0.29, 0.717) is 6.04 Å². The molecule has 0 spiro atoms. The van der Waals surface area contributed by atoms with Crippen LogP contribution in [-0.2, 0) is 0 Å². The summed E-state index contributed by atoms with van der Waals surface area (Å²) in [4.78, 5) is 2.44. The van der Waals surface area contributed by atoms with E-state index in [1.54, 1.807) is 12.1 Å². The molecule has 2 aliphatic rings. The summed E-state index contributed by atoms with van der Waals surface area (Å²) in [5.74, 6) is 0.651. The fourth-order valence-electron chi connectivity index (χ4n) is 2.97. The largest absolute Gasteiger partial charge is 0.368 e. The summed E-state index contributed by atoms with van der Waals surface area (Å²) < 4.78 is 12.9. The average Bonchev–Trinajstić information content (AvgIpc) is 2.74. The number of rotatable bonds is 1. The number of halogens is 1. The van der Waals surface area contributed by atoms with Gasteiger partial charge in [-0.2, -0.15) is 0 Å². The molecule has 1 heterocycles. The monoisotopic (exact) mass is 217 g/mol. The standard InChI is InChI=1S/C14H16FN/c15-12-5-7-13(8-6-12)16-10-9-11-3-1-2-4-14(11)16/h1-2,5-8,11,14H,3-4,9-10H2. The van der Waals surface area contributed by atoms with Crippen molar-refractivity contribution in [2.24, 2.45) is 5.92 Å². The highest BCUT2D eigenvalue weighted by molar-refractivity contribution is 5.49. The third-order valence-electron chi connectivity index (χ3n) is 3.83. The van der Waals surface area contributed by atoms with Crippen LogP contribution in [-0.4, -0.2) is 12.6 Å². The summed E-state index contributed by atoms with van der Waals surface area (Å²) in [7, 11) is 0. The van der Waals surface area contributed by atoms with Crippen LogP contribution in [0.15, 0.2) is 36.4 Å². The van der Waals surface area contributed by atoms with Crippen LogP contribution in [0.3, 0.4) is 0 Å². The van der Waals surface area contributed by atoms with E-state index in [1.165, 1.54) is 18.5 Å². The van der Waals surface area contributed by atoms with Crippen molar-refractivity contribution in [3.05, 3.63) is 42.2 Å². The summed E-state index contributed by atoms with van der Waals surface area (Å²) in [5, 5.41) is 0. The minimum atomic E-state index is -0.150. The Morgan fingerprint density at radius 3 is 2.62 bits per heavy atom. The lowest BCUT2D eigenvalue weighted by molar-refractivity contribution is 0.461. The van der Waals surface area contributed by atoms with Crippen molar-refractivity contribution in [2.45, 2.75) is 25.3 Å². The molecule has 84 valence electrons. The highest BCUT2D eigenvalue weighted by Crippen LogP contribution is 2.36. The van der Waals surface area contributed by atoms with Crippen LogP contribution in [0.2, 0.25) is 0 Å². The van der Waals surface area contributed by atoms with Gasteiger partial charge in [0.25, 0.3) is 0 Å². The molecule has 0 amide bonds.